The highest BCUT2D eigenvalue weighted by molar-refractivity contribution is 4.85. The van der Waals surface area contributed by atoms with E-state index in [4.69, 9.17) is 0 Å². The molecule has 0 fully saturated rings. The molecular formula is C9H20N2. The number of rotatable bonds is 6. The Labute approximate surface area is 70.1 Å². The summed E-state index contributed by atoms with van der Waals surface area (Å²) < 4.78 is 0. The highest BCUT2D eigenvalue weighted by atomic mass is 14.9. The quantitative estimate of drug-likeness (QED) is 0.445. The molecule has 66 valence electrons. The van der Waals surface area contributed by atoms with E-state index in [9.17, 15) is 0 Å². The van der Waals surface area contributed by atoms with Gasteiger partial charge < -0.3 is 10.6 Å². The van der Waals surface area contributed by atoms with Crippen molar-refractivity contribution in [3.63, 3.8) is 0 Å². The molecule has 0 saturated heterocycles. The van der Waals surface area contributed by atoms with E-state index >= 15 is 0 Å². The van der Waals surface area contributed by atoms with Crippen LogP contribution in [0.25, 0.3) is 0 Å². The van der Waals surface area contributed by atoms with Gasteiger partial charge in [-0.1, -0.05) is 32.9 Å². The van der Waals surface area contributed by atoms with E-state index in [1.54, 1.807) is 0 Å². The lowest BCUT2D eigenvalue weighted by molar-refractivity contribution is 0.631. The summed E-state index contributed by atoms with van der Waals surface area (Å²) in [6.07, 6.45) is 4.31. The Morgan fingerprint density at radius 1 is 1.18 bits per heavy atom. The molecule has 0 aliphatic carbocycles. The molecule has 0 unspecified atom stereocenters. The molecule has 2 nitrogen and oxygen atoms in total. The molecular weight excluding hydrogens is 136 g/mol. The Hall–Kier alpha value is -0.340. The maximum absolute atomic E-state index is 3.31. The summed E-state index contributed by atoms with van der Waals surface area (Å²) in [7, 11) is 0. The summed E-state index contributed by atoms with van der Waals surface area (Å²) >= 11 is 0. The van der Waals surface area contributed by atoms with Crippen LogP contribution in [0.5, 0.6) is 0 Å². The van der Waals surface area contributed by atoms with Crippen molar-refractivity contribution in [2.75, 3.05) is 19.6 Å². The highest BCUT2D eigenvalue weighted by Gasteiger charge is 1.85. The zero-order chi connectivity index (χ0) is 8.53. The van der Waals surface area contributed by atoms with Crippen LogP contribution in [0.3, 0.4) is 0 Å². The maximum Gasteiger partial charge on any atom is 0.0137 e. The molecule has 0 aromatic carbocycles. The van der Waals surface area contributed by atoms with E-state index in [1.165, 1.54) is 0 Å². The second kappa shape index (κ2) is 7.76. The monoisotopic (exact) mass is 156 g/mol. The molecule has 0 spiro atoms. The van der Waals surface area contributed by atoms with Gasteiger partial charge in [0.1, 0.15) is 0 Å². The van der Waals surface area contributed by atoms with Crippen molar-refractivity contribution < 1.29 is 0 Å². The fourth-order valence-corrected chi connectivity index (χ4v) is 0.698. The second-order valence-corrected chi connectivity index (χ2v) is 2.84. The third-order valence-electron chi connectivity index (χ3n) is 1.32. The van der Waals surface area contributed by atoms with Crippen LogP contribution >= 0.6 is 0 Å². The highest BCUT2D eigenvalue weighted by Crippen LogP contribution is 1.75. The van der Waals surface area contributed by atoms with Gasteiger partial charge >= 0.3 is 0 Å². The fraction of sp³-hybridized carbons (Fsp3) is 0.778. The lowest BCUT2D eigenvalue weighted by atomic mass is 10.4. The minimum atomic E-state index is 0.582. The molecule has 2 N–H and O–H groups in total. The Morgan fingerprint density at radius 2 is 1.82 bits per heavy atom. The molecule has 0 aliphatic heterocycles. The largest absolute Gasteiger partial charge is 0.314 e. The van der Waals surface area contributed by atoms with Gasteiger partial charge in [-0.3, -0.25) is 0 Å². The normalized spacial score (nSPS) is 11.6. The van der Waals surface area contributed by atoms with Crippen LogP contribution in [0.2, 0.25) is 0 Å². The summed E-state index contributed by atoms with van der Waals surface area (Å²) in [5.74, 6) is 0. The first kappa shape index (κ1) is 10.7. The number of hydrogen-bond acceptors (Lipinski definition) is 2. The number of likely N-dealkylation sites (N-methyl/N-ethyl adjacent to an activating group) is 1. The molecule has 0 radical (unpaired) electrons. The second-order valence-electron chi connectivity index (χ2n) is 2.84. The minimum absolute atomic E-state index is 0.582. The van der Waals surface area contributed by atoms with Gasteiger partial charge in [0.15, 0.2) is 0 Å². The average molecular weight is 156 g/mol. The first-order valence-electron chi connectivity index (χ1n) is 4.36. The van der Waals surface area contributed by atoms with E-state index in [0.29, 0.717) is 6.04 Å². The number of nitrogens with one attached hydrogen (secondary N) is 2. The molecule has 0 atom stereocenters. The van der Waals surface area contributed by atoms with Gasteiger partial charge in [-0.05, 0) is 6.54 Å². The lowest BCUT2D eigenvalue weighted by Gasteiger charge is -2.03. The predicted molar refractivity (Wildman–Crippen MR) is 50.8 cm³/mol. The van der Waals surface area contributed by atoms with E-state index in [-0.39, 0.29) is 0 Å². The fourth-order valence-electron chi connectivity index (χ4n) is 0.698. The van der Waals surface area contributed by atoms with Crippen LogP contribution < -0.4 is 10.6 Å². The Kier molecular flexibility index (Phi) is 7.52. The first-order valence-corrected chi connectivity index (χ1v) is 4.36. The van der Waals surface area contributed by atoms with Crippen LogP contribution in [-0.4, -0.2) is 25.7 Å². The molecule has 0 aliphatic rings. The van der Waals surface area contributed by atoms with Crippen LogP contribution in [0.15, 0.2) is 12.2 Å². The van der Waals surface area contributed by atoms with Crippen molar-refractivity contribution in [2.24, 2.45) is 0 Å². The van der Waals surface area contributed by atoms with Gasteiger partial charge in [-0.2, -0.15) is 0 Å². The van der Waals surface area contributed by atoms with Gasteiger partial charge in [-0.15, -0.1) is 0 Å². The summed E-state index contributed by atoms with van der Waals surface area (Å²) in [5.41, 5.74) is 0. The SMILES string of the molecule is CCNC/C=C\CNC(C)C. The van der Waals surface area contributed by atoms with E-state index in [2.05, 4.69) is 43.6 Å². The third-order valence-corrected chi connectivity index (χ3v) is 1.32. The van der Waals surface area contributed by atoms with Crippen molar-refractivity contribution >= 4 is 0 Å². The Morgan fingerprint density at radius 3 is 2.36 bits per heavy atom. The maximum atomic E-state index is 3.31. The summed E-state index contributed by atoms with van der Waals surface area (Å²) in [6, 6.07) is 0.582. The van der Waals surface area contributed by atoms with Gasteiger partial charge in [0.2, 0.25) is 0 Å². The molecule has 0 bridgehead atoms. The smallest absolute Gasteiger partial charge is 0.0137 e. The minimum Gasteiger partial charge on any atom is -0.314 e. The van der Waals surface area contributed by atoms with Gasteiger partial charge in [0.25, 0.3) is 0 Å². The van der Waals surface area contributed by atoms with Gasteiger partial charge in [0, 0.05) is 19.1 Å². The van der Waals surface area contributed by atoms with Crippen LogP contribution in [0.4, 0.5) is 0 Å². The number of hydrogen-bond donors (Lipinski definition) is 2. The molecule has 11 heavy (non-hydrogen) atoms. The molecule has 2 heteroatoms. The molecule has 0 heterocycles. The van der Waals surface area contributed by atoms with Gasteiger partial charge in [-0.25, -0.2) is 0 Å². The first-order chi connectivity index (χ1) is 5.27. The van der Waals surface area contributed by atoms with Crippen molar-refractivity contribution in [1.29, 1.82) is 0 Å². The van der Waals surface area contributed by atoms with E-state index < -0.39 is 0 Å². The topological polar surface area (TPSA) is 24.1 Å². The van der Waals surface area contributed by atoms with Gasteiger partial charge in [0.05, 0.1) is 0 Å². The third kappa shape index (κ3) is 9.66. The zero-order valence-electron chi connectivity index (χ0n) is 7.85. The average Bonchev–Trinajstić information content (AvgIpc) is 1.96. The van der Waals surface area contributed by atoms with Crippen LogP contribution in [-0.2, 0) is 0 Å². The molecule has 0 rings (SSSR count). The molecule has 0 aromatic heterocycles. The molecule has 0 saturated carbocycles. The lowest BCUT2D eigenvalue weighted by Crippen LogP contribution is -2.22. The van der Waals surface area contributed by atoms with Crippen molar-refractivity contribution in [3.05, 3.63) is 12.2 Å². The standard InChI is InChI=1S/C9H20N2/c1-4-10-7-5-6-8-11-9(2)3/h5-6,9-11H,4,7-8H2,1-3H3/b6-5-. The van der Waals surface area contributed by atoms with Crippen LogP contribution in [0, 0.1) is 0 Å². The van der Waals surface area contributed by atoms with Crippen LogP contribution in [0.1, 0.15) is 20.8 Å². The van der Waals surface area contributed by atoms with Crippen molar-refractivity contribution in [1.82, 2.24) is 10.6 Å². The predicted octanol–water partition coefficient (Wildman–Crippen LogP) is 1.15. The van der Waals surface area contributed by atoms with E-state index in [0.717, 1.165) is 19.6 Å². The Bertz CT molecular complexity index is 97.7. The Balaban J connectivity index is 3.03. The molecule has 0 aromatic rings. The summed E-state index contributed by atoms with van der Waals surface area (Å²) in [6.45, 7) is 9.41. The summed E-state index contributed by atoms with van der Waals surface area (Å²) in [4.78, 5) is 0. The summed E-state index contributed by atoms with van der Waals surface area (Å²) in [5, 5.41) is 6.53. The van der Waals surface area contributed by atoms with Crippen molar-refractivity contribution in [3.8, 4) is 0 Å². The van der Waals surface area contributed by atoms with Crippen molar-refractivity contribution in [2.45, 2.75) is 26.8 Å². The molecule has 0 amide bonds. The zero-order valence-corrected chi connectivity index (χ0v) is 7.85. The van der Waals surface area contributed by atoms with E-state index in [1.807, 2.05) is 0 Å².